The van der Waals surface area contributed by atoms with Crippen LogP contribution in [0.1, 0.15) is 20.3 Å². The minimum Gasteiger partial charge on any atom is -0.340 e. The first-order valence-electron chi connectivity index (χ1n) is 6.92. The van der Waals surface area contributed by atoms with E-state index in [1.54, 1.807) is 0 Å². The molecule has 0 saturated carbocycles. The quantitative estimate of drug-likeness (QED) is 0.846. The molecule has 1 N–H and O–H groups in total. The van der Waals surface area contributed by atoms with Gasteiger partial charge in [0.2, 0.25) is 5.91 Å². The number of nitrogens with zero attached hydrogens (tertiary/aromatic N) is 2. The molecule has 0 aromatic rings. The maximum Gasteiger partial charge on any atom is 0.223 e. The highest BCUT2D eigenvalue weighted by Crippen LogP contribution is 2.29. The Balaban J connectivity index is 0.00000180. The lowest BCUT2D eigenvalue weighted by Gasteiger charge is -2.37. The number of hydrogen-bond acceptors (Lipinski definition) is 4. The summed E-state index contributed by atoms with van der Waals surface area (Å²) in [6, 6.07) is 0. The van der Waals surface area contributed by atoms with E-state index in [-0.39, 0.29) is 12.4 Å². The number of halogens is 1. The van der Waals surface area contributed by atoms with Crippen molar-refractivity contribution in [1.29, 1.82) is 0 Å². The summed E-state index contributed by atoms with van der Waals surface area (Å²) < 4.78 is 0.344. The average Bonchev–Trinajstić information content (AvgIpc) is 2.36. The summed E-state index contributed by atoms with van der Waals surface area (Å²) in [5.74, 6) is 1.52. The van der Waals surface area contributed by atoms with Crippen molar-refractivity contribution >= 4 is 30.1 Å². The van der Waals surface area contributed by atoms with Crippen molar-refractivity contribution in [3.8, 4) is 0 Å². The molecule has 0 aliphatic carbocycles. The summed E-state index contributed by atoms with van der Waals surface area (Å²) in [5.41, 5.74) is 0. The third kappa shape index (κ3) is 5.50. The fourth-order valence-corrected chi connectivity index (χ4v) is 3.81. The Morgan fingerprint density at radius 1 is 1.26 bits per heavy atom. The summed E-state index contributed by atoms with van der Waals surface area (Å²) in [4.78, 5) is 16.5. The number of piperazine rings is 1. The molecule has 0 bridgehead atoms. The van der Waals surface area contributed by atoms with Crippen molar-refractivity contribution in [2.45, 2.75) is 25.0 Å². The molecule has 2 saturated heterocycles. The van der Waals surface area contributed by atoms with Gasteiger partial charge in [0, 0.05) is 62.7 Å². The molecular formula is C13H26ClN3OS. The van der Waals surface area contributed by atoms with Crippen LogP contribution in [0.4, 0.5) is 0 Å². The predicted octanol–water partition coefficient (Wildman–Crippen LogP) is 1.06. The lowest BCUT2D eigenvalue weighted by atomic mass is 10.1. The normalized spacial score (nSPS) is 23.8. The molecule has 2 aliphatic rings. The Hall–Kier alpha value is 0.0300. The number of amides is 1. The van der Waals surface area contributed by atoms with Crippen molar-refractivity contribution in [2.75, 3.05) is 51.6 Å². The van der Waals surface area contributed by atoms with Gasteiger partial charge < -0.3 is 15.1 Å². The van der Waals surface area contributed by atoms with E-state index in [0.717, 1.165) is 45.8 Å². The zero-order valence-corrected chi connectivity index (χ0v) is 13.6. The third-order valence-corrected chi connectivity index (χ3v) is 4.91. The first-order chi connectivity index (χ1) is 8.57. The van der Waals surface area contributed by atoms with Crippen molar-refractivity contribution < 1.29 is 4.79 Å². The lowest BCUT2D eigenvalue weighted by Crippen LogP contribution is -2.48. The summed E-state index contributed by atoms with van der Waals surface area (Å²) >= 11 is 2.04. The number of carbonyl (C=O) groups is 1. The van der Waals surface area contributed by atoms with E-state index in [4.69, 9.17) is 0 Å². The molecule has 0 spiro atoms. The molecule has 0 aromatic heterocycles. The van der Waals surface area contributed by atoms with Crippen LogP contribution in [-0.2, 0) is 4.79 Å². The highest BCUT2D eigenvalue weighted by Gasteiger charge is 2.27. The van der Waals surface area contributed by atoms with Gasteiger partial charge in [-0.25, -0.2) is 0 Å². The second-order valence-corrected chi connectivity index (χ2v) is 7.57. The van der Waals surface area contributed by atoms with Crippen molar-refractivity contribution in [3.05, 3.63) is 0 Å². The number of nitrogens with one attached hydrogen (secondary N) is 1. The van der Waals surface area contributed by atoms with Crippen LogP contribution in [0, 0.1) is 0 Å². The molecule has 0 atom stereocenters. The van der Waals surface area contributed by atoms with Gasteiger partial charge in [-0.1, -0.05) is 0 Å². The smallest absolute Gasteiger partial charge is 0.223 e. The molecule has 2 fully saturated rings. The fourth-order valence-electron chi connectivity index (χ4n) is 2.63. The average molecular weight is 308 g/mol. The molecule has 19 heavy (non-hydrogen) atoms. The van der Waals surface area contributed by atoms with Crippen molar-refractivity contribution in [2.24, 2.45) is 0 Å². The third-order valence-electron chi connectivity index (χ3n) is 3.62. The van der Waals surface area contributed by atoms with Gasteiger partial charge in [0.15, 0.2) is 0 Å². The Kier molecular flexibility index (Phi) is 6.94. The first kappa shape index (κ1) is 17.1. The van der Waals surface area contributed by atoms with E-state index in [2.05, 4.69) is 24.1 Å². The second-order valence-electron chi connectivity index (χ2n) is 5.77. The lowest BCUT2D eigenvalue weighted by molar-refractivity contribution is -0.132. The standard InChI is InChI=1S/C13H25N3OS.ClH/c1-13(2)11-15(9-10-18-13)6-3-12(17)16-7-4-14-5-8-16;/h14H,3-11H2,1-2H3;1H. The largest absolute Gasteiger partial charge is 0.340 e. The molecule has 0 aromatic carbocycles. The van der Waals surface area contributed by atoms with Gasteiger partial charge in [0.1, 0.15) is 0 Å². The minimum absolute atomic E-state index is 0. The van der Waals surface area contributed by atoms with Gasteiger partial charge >= 0.3 is 0 Å². The number of carbonyl (C=O) groups excluding carboxylic acids is 1. The Bertz CT molecular complexity index is 296. The number of rotatable bonds is 3. The maximum atomic E-state index is 12.1. The van der Waals surface area contributed by atoms with E-state index in [1.807, 2.05) is 16.7 Å². The van der Waals surface area contributed by atoms with Crippen LogP contribution in [-0.4, -0.2) is 72.0 Å². The van der Waals surface area contributed by atoms with E-state index in [1.165, 1.54) is 5.75 Å². The first-order valence-corrected chi connectivity index (χ1v) is 7.90. The van der Waals surface area contributed by atoms with Crippen LogP contribution in [0.15, 0.2) is 0 Å². The Morgan fingerprint density at radius 2 is 1.95 bits per heavy atom. The summed E-state index contributed by atoms with van der Waals surface area (Å²) in [6.07, 6.45) is 0.681. The molecule has 6 heteroatoms. The number of hydrogen-bond donors (Lipinski definition) is 1. The second kappa shape index (κ2) is 7.72. The minimum atomic E-state index is 0. The highest BCUT2D eigenvalue weighted by molar-refractivity contribution is 8.00. The highest BCUT2D eigenvalue weighted by atomic mass is 35.5. The molecule has 112 valence electrons. The predicted molar refractivity (Wildman–Crippen MR) is 84.3 cm³/mol. The molecule has 2 rings (SSSR count). The molecule has 1 amide bonds. The van der Waals surface area contributed by atoms with Crippen LogP contribution in [0.5, 0.6) is 0 Å². The molecule has 4 nitrogen and oxygen atoms in total. The van der Waals surface area contributed by atoms with Crippen LogP contribution < -0.4 is 5.32 Å². The van der Waals surface area contributed by atoms with Gasteiger partial charge in [-0.15, -0.1) is 12.4 Å². The van der Waals surface area contributed by atoms with Gasteiger partial charge in [-0.2, -0.15) is 11.8 Å². The molecule has 0 radical (unpaired) electrons. The molecule has 2 aliphatic heterocycles. The SMILES string of the molecule is CC1(C)CN(CCC(=O)N2CCNCC2)CCS1.Cl. The Morgan fingerprint density at radius 3 is 2.58 bits per heavy atom. The van der Waals surface area contributed by atoms with Crippen molar-refractivity contribution in [3.63, 3.8) is 0 Å². The summed E-state index contributed by atoms with van der Waals surface area (Å²) in [6.45, 7) is 11.4. The van der Waals surface area contributed by atoms with E-state index in [9.17, 15) is 4.79 Å². The van der Waals surface area contributed by atoms with E-state index < -0.39 is 0 Å². The van der Waals surface area contributed by atoms with Crippen LogP contribution in [0.25, 0.3) is 0 Å². The molecule has 2 heterocycles. The number of thioether (sulfide) groups is 1. The van der Waals surface area contributed by atoms with Crippen LogP contribution in [0.2, 0.25) is 0 Å². The summed E-state index contributed by atoms with van der Waals surface area (Å²) in [5, 5.41) is 3.28. The van der Waals surface area contributed by atoms with E-state index >= 15 is 0 Å². The molecular weight excluding hydrogens is 282 g/mol. The van der Waals surface area contributed by atoms with Gasteiger partial charge in [0.05, 0.1) is 0 Å². The molecule has 0 unspecified atom stereocenters. The van der Waals surface area contributed by atoms with Crippen molar-refractivity contribution in [1.82, 2.24) is 15.1 Å². The van der Waals surface area contributed by atoms with Crippen LogP contribution >= 0.6 is 24.2 Å². The summed E-state index contributed by atoms with van der Waals surface area (Å²) in [7, 11) is 0. The van der Waals surface area contributed by atoms with Gasteiger partial charge in [0.25, 0.3) is 0 Å². The van der Waals surface area contributed by atoms with Gasteiger partial charge in [-0.3, -0.25) is 4.79 Å². The van der Waals surface area contributed by atoms with Crippen LogP contribution in [0.3, 0.4) is 0 Å². The zero-order chi connectivity index (χ0) is 13.0. The zero-order valence-electron chi connectivity index (χ0n) is 12.0. The maximum absolute atomic E-state index is 12.1. The van der Waals surface area contributed by atoms with E-state index in [0.29, 0.717) is 17.1 Å². The topological polar surface area (TPSA) is 35.6 Å². The monoisotopic (exact) mass is 307 g/mol. The fraction of sp³-hybridized carbons (Fsp3) is 0.923. The Labute approximate surface area is 127 Å². The van der Waals surface area contributed by atoms with Gasteiger partial charge in [-0.05, 0) is 13.8 Å².